The number of aliphatic hydroxyl groups is 1. The number of fused-ring (bicyclic) bond motifs is 1. The van der Waals surface area contributed by atoms with E-state index in [4.69, 9.17) is 11.5 Å². The summed E-state index contributed by atoms with van der Waals surface area (Å²) in [6, 6.07) is 22.8. The number of hydrogen-bond acceptors (Lipinski definition) is 8. The van der Waals surface area contributed by atoms with E-state index in [-0.39, 0.29) is 36.0 Å². The first-order valence-electron chi connectivity index (χ1n) is 15.2. The van der Waals surface area contributed by atoms with Crippen LogP contribution in [-0.4, -0.2) is 71.8 Å². The van der Waals surface area contributed by atoms with E-state index in [1.165, 1.54) is 34.6 Å². The summed E-state index contributed by atoms with van der Waals surface area (Å²) in [4.78, 5) is 43.2. The van der Waals surface area contributed by atoms with Crippen LogP contribution in [0.5, 0.6) is 0 Å². The van der Waals surface area contributed by atoms with Crippen molar-refractivity contribution < 1.29 is 27.9 Å². The fraction of sp³-hybridized carbons (Fsp3) is 0.294. The maximum absolute atomic E-state index is 13.7. The molecule has 1 aromatic heterocycles. The molecule has 7 N–H and O–H groups in total. The fourth-order valence-electron chi connectivity index (χ4n) is 5.07. The third kappa shape index (κ3) is 9.58. The molecular formula is C34H40N6O6S. The van der Waals surface area contributed by atoms with E-state index < -0.39 is 52.4 Å². The monoisotopic (exact) mass is 660 g/mol. The minimum absolute atomic E-state index is 0.00901. The van der Waals surface area contributed by atoms with Crippen molar-refractivity contribution in [3.05, 3.63) is 102 Å². The molecule has 3 aromatic carbocycles. The highest BCUT2D eigenvalue weighted by Crippen LogP contribution is 2.20. The third-order valence-corrected chi connectivity index (χ3v) is 9.27. The summed E-state index contributed by atoms with van der Waals surface area (Å²) in [7, 11) is -4.06. The van der Waals surface area contributed by atoms with Gasteiger partial charge in [-0.3, -0.25) is 14.4 Å². The van der Waals surface area contributed by atoms with Crippen LogP contribution in [0.15, 0.2) is 95.9 Å². The molecule has 0 fully saturated rings. The Kier molecular flexibility index (Phi) is 11.6. The number of sulfonamides is 1. The largest absolute Gasteiger partial charge is 0.399 e. The zero-order valence-corrected chi connectivity index (χ0v) is 27.1. The van der Waals surface area contributed by atoms with Gasteiger partial charge in [0, 0.05) is 24.2 Å². The molecule has 3 atom stereocenters. The molecule has 0 aliphatic carbocycles. The van der Waals surface area contributed by atoms with Crippen molar-refractivity contribution in [2.24, 2.45) is 11.7 Å². The van der Waals surface area contributed by atoms with Crippen molar-refractivity contribution >= 4 is 44.3 Å². The van der Waals surface area contributed by atoms with Crippen LogP contribution < -0.4 is 22.1 Å². The Morgan fingerprint density at radius 3 is 2.19 bits per heavy atom. The number of nitrogens with zero attached hydrogens (tertiary/aromatic N) is 2. The number of primary amides is 1. The molecule has 13 heteroatoms. The van der Waals surface area contributed by atoms with Gasteiger partial charge in [0.05, 0.1) is 29.0 Å². The van der Waals surface area contributed by atoms with E-state index >= 15 is 0 Å². The Bertz CT molecular complexity index is 1800. The van der Waals surface area contributed by atoms with Crippen molar-refractivity contribution in [1.82, 2.24) is 19.9 Å². The molecule has 1 heterocycles. The van der Waals surface area contributed by atoms with Crippen molar-refractivity contribution in [3.63, 3.8) is 0 Å². The summed E-state index contributed by atoms with van der Waals surface area (Å²) in [5, 5.41) is 17.7. The number of nitrogens with one attached hydrogen (secondary N) is 2. The minimum Gasteiger partial charge on any atom is -0.399 e. The number of nitrogens with two attached hydrogens (primary N) is 2. The predicted octanol–water partition coefficient (Wildman–Crippen LogP) is 2.23. The van der Waals surface area contributed by atoms with Gasteiger partial charge in [-0.05, 0) is 54.3 Å². The summed E-state index contributed by atoms with van der Waals surface area (Å²) >= 11 is 0. The highest BCUT2D eigenvalue weighted by atomic mass is 32.2. The Hall–Kier alpha value is -4.85. The first-order valence-corrected chi connectivity index (χ1v) is 16.6. The van der Waals surface area contributed by atoms with Crippen LogP contribution in [0.4, 0.5) is 5.69 Å². The molecule has 3 amide bonds. The van der Waals surface area contributed by atoms with Gasteiger partial charge >= 0.3 is 0 Å². The van der Waals surface area contributed by atoms with Crippen molar-refractivity contribution in [3.8, 4) is 0 Å². The van der Waals surface area contributed by atoms with E-state index in [2.05, 4.69) is 15.6 Å². The number of amides is 3. The second-order valence-corrected chi connectivity index (χ2v) is 13.7. The van der Waals surface area contributed by atoms with Crippen LogP contribution in [0.1, 0.15) is 36.3 Å². The molecule has 0 radical (unpaired) electrons. The van der Waals surface area contributed by atoms with E-state index in [9.17, 15) is 27.9 Å². The molecule has 0 aliphatic rings. The second kappa shape index (κ2) is 15.6. The third-order valence-electron chi connectivity index (χ3n) is 7.43. The van der Waals surface area contributed by atoms with Gasteiger partial charge in [-0.15, -0.1) is 0 Å². The summed E-state index contributed by atoms with van der Waals surface area (Å²) in [5.74, 6) is -2.41. The summed E-state index contributed by atoms with van der Waals surface area (Å²) in [6.07, 6.45) is -1.80. The molecule has 0 bridgehead atoms. The normalized spacial score (nSPS) is 13.6. The van der Waals surface area contributed by atoms with Gasteiger partial charge in [0.15, 0.2) is 0 Å². The SMILES string of the molecule is CC(C)CN(C[C@@H](O)[C@H](Cc1ccccc1)NC(=O)[C@H](CC(N)=O)NC(=O)c1ccc2ccccc2n1)S(=O)(=O)c1ccc(N)cc1. The summed E-state index contributed by atoms with van der Waals surface area (Å²) in [6.45, 7) is 3.44. The number of aliphatic hydroxyl groups excluding tert-OH is 1. The van der Waals surface area contributed by atoms with Crippen LogP contribution >= 0.6 is 0 Å². The Morgan fingerprint density at radius 1 is 0.872 bits per heavy atom. The number of carbonyl (C=O) groups is 3. The van der Waals surface area contributed by atoms with Gasteiger partial charge < -0.3 is 27.2 Å². The number of anilines is 1. The lowest BCUT2D eigenvalue weighted by atomic mass is 10.00. The first kappa shape index (κ1) is 35.0. The van der Waals surface area contributed by atoms with Crippen LogP contribution in [-0.2, 0) is 26.0 Å². The molecule has 0 unspecified atom stereocenters. The zero-order valence-electron chi connectivity index (χ0n) is 26.2. The van der Waals surface area contributed by atoms with Gasteiger partial charge in [-0.2, -0.15) is 4.31 Å². The van der Waals surface area contributed by atoms with Crippen molar-refractivity contribution in [2.75, 3.05) is 18.8 Å². The molecule has 0 spiro atoms. The van der Waals surface area contributed by atoms with E-state index in [0.717, 1.165) is 10.9 Å². The van der Waals surface area contributed by atoms with Gasteiger partial charge in [-0.25, -0.2) is 13.4 Å². The molecule has 47 heavy (non-hydrogen) atoms. The molecule has 0 saturated carbocycles. The molecule has 4 aromatic rings. The highest BCUT2D eigenvalue weighted by molar-refractivity contribution is 7.89. The van der Waals surface area contributed by atoms with E-state index in [1.807, 2.05) is 32.0 Å². The molecule has 248 valence electrons. The molecule has 12 nitrogen and oxygen atoms in total. The van der Waals surface area contributed by atoms with Crippen LogP contribution in [0.3, 0.4) is 0 Å². The predicted molar refractivity (Wildman–Crippen MR) is 179 cm³/mol. The van der Waals surface area contributed by atoms with Gasteiger partial charge in [0.2, 0.25) is 21.8 Å². The Labute approximate surface area is 274 Å². The summed E-state index contributed by atoms with van der Waals surface area (Å²) in [5.41, 5.74) is 13.0. The smallest absolute Gasteiger partial charge is 0.270 e. The number of para-hydroxylation sites is 1. The topological polar surface area (TPSA) is 198 Å². The standard InChI is InChI=1S/C34H40N6O6S/c1-22(2)20-40(47(45,46)26-15-13-25(35)14-16-26)21-31(41)29(18-23-8-4-3-5-9-23)38-34(44)30(19-32(36)42)39-33(43)28-17-12-24-10-6-7-11-27(24)37-28/h3-17,22,29-31,41H,18-21,35H2,1-2H3,(H2,36,42)(H,38,44)(H,39,43)/t29-,30-,31+/m0/s1. The van der Waals surface area contributed by atoms with Crippen LogP contribution in [0.25, 0.3) is 10.9 Å². The molecule has 0 aliphatic heterocycles. The Balaban J connectivity index is 1.59. The number of nitrogen functional groups attached to an aromatic ring is 1. The first-order chi connectivity index (χ1) is 22.3. The van der Waals surface area contributed by atoms with Gasteiger partial charge in [0.1, 0.15) is 11.7 Å². The number of pyridine rings is 1. The van der Waals surface area contributed by atoms with Crippen LogP contribution in [0.2, 0.25) is 0 Å². The van der Waals surface area contributed by atoms with Crippen molar-refractivity contribution in [2.45, 2.75) is 49.8 Å². The fourth-order valence-corrected chi connectivity index (χ4v) is 6.69. The second-order valence-electron chi connectivity index (χ2n) is 11.7. The lowest BCUT2D eigenvalue weighted by molar-refractivity contribution is -0.128. The van der Waals surface area contributed by atoms with Crippen LogP contribution in [0, 0.1) is 5.92 Å². The highest BCUT2D eigenvalue weighted by Gasteiger charge is 2.33. The van der Waals surface area contributed by atoms with E-state index in [0.29, 0.717) is 11.2 Å². The molecular weight excluding hydrogens is 620 g/mol. The lowest BCUT2D eigenvalue weighted by Gasteiger charge is -2.31. The average Bonchev–Trinajstić information content (AvgIpc) is 3.03. The Morgan fingerprint density at radius 2 is 1.53 bits per heavy atom. The summed E-state index contributed by atoms with van der Waals surface area (Å²) < 4.78 is 28.5. The lowest BCUT2D eigenvalue weighted by Crippen LogP contribution is -2.56. The minimum atomic E-state index is -4.06. The number of hydrogen-bond donors (Lipinski definition) is 5. The maximum Gasteiger partial charge on any atom is 0.270 e. The average molecular weight is 661 g/mol. The van der Waals surface area contributed by atoms with Gasteiger partial charge in [-0.1, -0.05) is 68.4 Å². The number of benzene rings is 3. The maximum atomic E-state index is 13.7. The molecule has 4 rings (SSSR count). The number of rotatable bonds is 15. The number of aromatic nitrogens is 1. The van der Waals surface area contributed by atoms with E-state index in [1.54, 1.807) is 42.5 Å². The number of carbonyl (C=O) groups excluding carboxylic acids is 3. The van der Waals surface area contributed by atoms with Gasteiger partial charge in [0.25, 0.3) is 5.91 Å². The molecule has 0 saturated heterocycles. The van der Waals surface area contributed by atoms with Crippen molar-refractivity contribution in [1.29, 1.82) is 0 Å². The zero-order chi connectivity index (χ0) is 34.1. The quantitative estimate of drug-likeness (QED) is 0.120.